The highest BCUT2D eigenvalue weighted by atomic mass is 19.1. The van der Waals surface area contributed by atoms with Crippen LogP contribution in [0.25, 0.3) is 32.9 Å². The molecular weight excluding hydrogens is 901 g/mol. The second kappa shape index (κ2) is 18.9. The van der Waals surface area contributed by atoms with Crippen LogP contribution in [0.3, 0.4) is 0 Å². The average molecular weight is 952 g/mol. The van der Waals surface area contributed by atoms with E-state index in [2.05, 4.69) is 43.2 Å². The summed E-state index contributed by atoms with van der Waals surface area (Å²) >= 11 is 0. The number of imide groups is 2. The fourth-order valence-electron chi connectivity index (χ4n) is 11.2. The van der Waals surface area contributed by atoms with Crippen molar-refractivity contribution < 1.29 is 42.2 Å². The van der Waals surface area contributed by atoms with Crippen molar-refractivity contribution in [3.8, 4) is 29.6 Å². The zero-order valence-corrected chi connectivity index (χ0v) is 38.6. The number of nitrogens with one attached hydrogen (secondary N) is 3. The number of benzene rings is 3. The van der Waals surface area contributed by atoms with Crippen molar-refractivity contribution in [2.45, 2.75) is 88.0 Å². The molecule has 5 aromatic rings. The number of ether oxygens (including phenoxy) is 2. The summed E-state index contributed by atoms with van der Waals surface area (Å²) in [6, 6.07) is 12.4. The number of hydrogen-bond donors (Lipinski definition) is 3. The summed E-state index contributed by atoms with van der Waals surface area (Å²) in [6.07, 6.45) is 11.5. The van der Waals surface area contributed by atoms with Gasteiger partial charge >= 0.3 is 12.1 Å². The smallest absolute Gasteiger partial charge is 0.407 e. The monoisotopic (exact) mass is 951 g/mol. The second-order valence-electron chi connectivity index (χ2n) is 18.9. The lowest BCUT2D eigenvalue weighted by Gasteiger charge is -2.35. The van der Waals surface area contributed by atoms with Crippen LogP contribution in [0.1, 0.15) is 72.0 Å². The minimum atomic E-state index is -1.09. The van der Waals surface area contributed by atoms with Crippen LogP contribution in [0.5, 0.6) is 6.01 Å². The Kier molecular flexibility index (Phi) is 12.5. The Bertz CT molecular complexity index is 3040. The number of halogens is 2. The molecule has 0 spiro atoms. The number of terminal acetylenes is 1. The van der Waals surface area contributed by atoms with Gasteiger partial charge in [0.2, 0.25) is 18.2 Å². The largest absolute Gasteiger partial charge is 0.461 e. The zero-order chi connectivity index (χ0) is 48.8. The molecule has 70 heavy (non-hydrogen) atoms. The number of fused-ring (bicyclic) bond motifs is 5. The molecule has 18 heteroatoms. The number of hydrogen-bond acceptors (Lipinski definition) is 13. The van der Waals surface area contributed by atoms with E-state index in [0.717, 1.165) is 28.9 Å². The van der Waals surface area contributed by atoms with Crippen LogP contribution in [0, 0.1) is 30.9 Å². The Morgan fingerprint density at radius 3 is 2.64 bits per heavy atom. The molecule has 5 aliphatic heterocycles. The molecule has 5 amide bonds. The molecule has 10 rings (SSSR count). The van der Waals surface area contributed by atoms with Gasteiger partial charge < -0.3 is 25.0 Å². The third-order valence-electron chi connectivity index (χ3n) is 14.6. The number of alkyl carbamates (subject to hydrolysis) is 1. The second-order valence-corrected chi connectivity index (χ2v) is 18.9. The average Bonchev–Trinajstić information content (AvgIpc) is 3.99. The van der Waals surface area contributed by atoms with Gasteiger partial charge in [-0.15, -0.1) is 6.42 Å². The molecule has 3 N–H and O–H groups in total. The molecule has 0 saturated carbocycles. The molecule has 2 bridgehead atoms. The van der Waals surface area contributed by atoms with Crippen molar-refractivity contribution in [3.05, 3.63) is 101 Å². The lowest BCUT2D eigenvalue weighted by atomic mass is 9.94. The molecule has 5 saturated heterocycles. The van der Waals surface area contributed by atoms with E-state index in [1.807, 2.05) is 6.07 Å². The fourth-order valence-corrected chi connectivity index (χ4v) is 11.2. The maximum absolute atomic E-state index is 17.2. The van der Waals surface area contributed by atoms with E-state index in [0.29, 0.717) is 84.8 Å². The number of nitrogens with zero attached hydrogens (tertiary/aromatic N) is 6. The summed E-state index contributed by atoms with van der Waals surface area (Å²) in [5, 5.41) is 10.1. The topological polar surface area (TPSA) is 188 Å². The summed E-state index contributed by atoms with van der Waals surface area (Å²) in [5.41, 5.74) is 2.41. The van der Waals surface area contributed by atoms with E-state index in [1.54, 1.807) is 49.5 Å². The molecule has 16 nitrogen and oxygen atoms in total. The Morgan fingerprint density at radius 2 is 1.87 bits per heavy atom. The summed E-state index contributed by atoms with van der Waals surface area (Å²) in [6.45, 7) is 8.39. The van der Waals surface area contributed by atoms with E-state index in [4.69, 9.17) is 25.9 Å². The number of carbonyl (C=O) groups excluding carboxylic acids is 5. The molecule has 0 radical (unpaired) electrons. The lowest BCUT2D eigenvalue weighted by molar-refractivity contribution is -0.139. The number of aromatic nitrogens is 3. The number of piperidine rings is 1. The maximum atomic E-state index is 17.2. The molecule has 360 valence electrons. The predicted molar refractivity (Wildman–Crippen MR) is 255 cm³/mol. The van der Waals surface area contributed by atoms with Gasteiger partial charge in [-0.3, -0.25) is 39.3 Å². The Labute approximate surface area is 402 Å². The van der Waals surface area contributed by atoms with Crippen LogP contribution in [-0.2, 0) is 25.5 Å². The fraction of sp³-hybridized carbons (Fsp3) is 0.385. The first-order valence-corrected chi connectivity index (χ1v) is 23.6. The molecule has 7 heterocycles. The summed E-state index contributed by atoms with van der Waals surface area (Å²) in [5.74, 6) is -0.158. The molecular formula is C52H51F2N9O7. The number of anilines is 1. The van der Waals surface area contributed by atoms with E-state index in [9.17, 15) is 24.0 Å². The van der Waals surface area contributed by atoms with Crippen LogP contribution in [-0.4, -0.2) is 124 Å². The predicted octanol–water partition coefficient (Wildman–Crippen LogP) is 5.27. The molecule has 3 aromatic carbocycles. The highest BCUT2D eigenvalue weighted by molar-refractivity contribution is 6.08. The van der Waals surface area contributed by atoms with Crippen LogP contribution < -0.4 is 25.6 Å². The third kappa shape index (κ3) is 8.57. The van der Waals surface area contributed by atoms with Gasteiger partial charge in [0.1, 0.15) is 42.1 Å². The highest BCUT2D eigenvalue weighted by Crippen LogP contribution is 2.45. The zero-order valence-electron chi connectivity index (χ0n) is 38.6. The quantitative estimate of drug-likeness (QED) is 0.0601. The minimum Gasteiger partial charge on any atom is -0.461 e. The van der Waals surface area contributed by atoms with Gasteiger partial charge in [0.15, 0.2) is 5.82 Å². The highest BCUT2D eigenvalue weighted by Gasteiger charge is 2.51. The molecule has 5 fully saturated rings. The number of pyridine rings is 1. The molecule has 5 aliphatic rings. The molecule has 5 atom stereocenters. The number of carbonyl (C=O) groups is 5. The minimum absolute atomic E-state index is 0.00383. The third-order valence-corrected chi connectivity index (χ3v) is 14.6. The Hall–Kier alpha value is -7.36. The van der Waals surface area contributed by atoms with Crippen LogP contribution in [0.2, 0.25) is 0 Å². The number of rotatable bonds is 13. The van der Waals surface area contributed by atoms with Crippen molar-refractivity contribution in [2.24, 2.45) is 0 Å². The molecule has 5 unspecified atom stereocenters. The van der Waals surface area contributed by atoms with Crippen molar-refractivity contribution in [3.63, 3.8) is 0 Å². The first kappa shape index (κ1) is 46.4. The van der Waals surface area contributed by atoms with Crippen molar-refractivity contribution >= 4 is 57.7 Å². The van der Waals surface area contributed by atoms with E-state index < -0.39 is 47.0 Å². The summed E-state index contributed by atoms with van der Waals surface area (Å²) < 4.78 is 44.5. The first-order valence-electron chi connectivity index (χ1n) is 23.6. The van der Waals surface area contributed by atoms with Gasteiger partial charge in [-0.1, -0.05) is 54.5 Å². The van der Waals surface area contributed by atoms with E-state index in [-0.39, 0.29) is 79.1 Å². The Morgan fingerprint density at radius 1 is 1.07 bits per heavy atom. The van der Waals surface area contributed by atoms with Gasteiger partial charge in [-0.25, -0.2) is 13.6 Å². The van der Waals surface area contributed by atoms with Gasteiger partial charge in [-0.05, 0) is 80.5 Å². The first-order chi connectivity index (χ1) is 33.8. The van der Waals surface area contributed by atoms with Gasteiger partial charge in [0, 0.05) is 73.4 Å². The Balaban J connectivity index is 0.825. The van der Waals surface area contributed by atoms with E-state index in [1.165, 1.54) is 6.07 Å². The standard InChI is InChI=1S/C52H51F2N9O7/c1-4-36-40(53)14-11-32-8-6-10-38(43(32)36)45-44(54)46-39(22-56-45)47(61-24-33-12-13-34(25-61)57-33)60-50(59-46)70-27-52-19-17-35(63(52)23-29(2)21-52)26-69-51(68)55-20-18-31-7-5-9-37(30(31)3)49(67)62(28-64)41-15-16-42(65)58-48(41)66/h1,5-11,14,22,28,33-35,41,57H,2,12-13,15-21,23-27H2,3H3,(H,55,68)(H,58,65,66). The maximum Gasteiger partial charge on any atom is 0.407 e. The summed E-state index contributed by atoms with van der Waals surface area (Å²) in [7, 11) is 0. The van der Waals surface area contributed by atoms with Gasteiger partial charge in [0.25, 0.3) is 5.91 Å². The number of amides is 5. The SMILES string of the molecule is C#Cc1c(F)ccc2cccc(-c3ncc4c(N5CC6CCC(C5)N6)nc(OCC56CCC(COC(=O)NCCc7cccc(C(=O)N(C=O)C8CCC(=O)NC8=O)c7C)N5CC(=C)C6)nc4c3F)c12. The normalized spacial score (nSPS) is 23.0. The molecule has 0 aliphatic carbocycles. The number of piperazine rings is 1. The van der Waals surface area contributed by atoms with Crippen molar-refractivity contribution in [1.82, 2.24) is 40.7 Å². The van der Waals surface area contributed by atoms with E-state index >= 15 is 8.78 Å². The summed E-state index contributed by atoms with van der Waals surface area (Å²) in [4.78, 5) is 82.1. The van der Waals surface area contributed by atoms with Crippen LogP contribution >= 0.6 is 0 Å². The van der Waals surface area contributed by atoms with Crippen molar-refractivity contribution in [1.29, 1.82) is 0 Å². The lowest BCUT2D eigenvalue weighted by Crippen LogP contribution is -2.53. The van der Waals surface area contributed by atoms with Gasteiger partial charge in [-0.2, -0.15) is 9.97 Å². The van der Waals surface area contributed by atoms with Crippen LogP contribution in [0.4, 0.5) is 19.4 Å². The van der Waals surface area contributed by atoms with Crippen LogP contribution in [0.15, 0.2) is 66.9 Å². The van der Waals surface area contributed by atoms with Gasteiger partial charge in [0.05, 0.1) is 16.5 Å². The molecule has 2 aromatic heterocycles. The van der Waals surface area contributed by atoms with Crippen molar-refractivity contribution in [2.75, 3.05) is 44.3 Å².